The maximum Gasteiger partial charge on any atom is 0.422 e. The summed E-state index contributed by atoms with van der Waals surface area (Å²) in [6.07, 6.45) is -4.40. The minimum absolute atomic E-state index is 0.00220. The van der Waals surface area contributed by atoms with Gasteiger partial charge in [-0.05, 0) is 23.9 Å². The maximum atomic E-state index is 12.5. The Morgan fingerprint density at radius 2 is 1.52 bits per heavy atom. The molecule has 23 heavy (non-hydrogen) atoms. The molecule has 5 heteroatoms. The number of aryl methyl sites for hydroxylation is 1. The van der Waals surface area contributed by atoms with E-state index in [1.165, 1.54) is 0 Å². The number of halogens is 3. The van der Waals surface area contributed by atoms with Crippen molar-refractivity contribution in [2.24, 2.45) is 0 Å². The van der Waals surface area contributed by atoms with Crippen molar-refractivity contribution in [2.75, 3.05) is 6.61 Å². The van der Waals surface area contributed by atoms with E-state index in [0.29, 0.717) is 11.1 Å². The largest absolute Gasteiger partial charge is 0.468 e. The van der Waals surface area contributed by atoms with Crippen molar-refractivity contribution in [3.63, 3.8) is 0 Å². The number of hydrogen-bond donors (Lipinski definition) is 0. The number of alkyl halides is 3. The van der Waals surface area contributed by atoms with Gasteiger partial charge in [0.15, 0.2) is 6.61 Å². The van der Waals surface area contributed by atoms with Crippen LogP contribution in [0.1, 0.15) is 5.56 Å². The van der Waals surface area contributed by atoms with Gasteiger partial charge in [-0.15, -0.1) is 0 Å². The summed E-state index contributed by atoms with van der Waals surface area (Å²) in [6, 6.07) is 16.5. The third kappa shape index (κ3) is 3.28. The van der Waals surface area contributed by atoms with Crippen molar-refractivity contribution < 1.29 is 17.9 Å². The summed E-state index contributed by atoms with van der Waals surface area (Å²) < 4.78 is 42.4. The van der Waals surface area contributed by atoms with E-state index in [2.05, 4.69) is 4.98 Å². The van der Waals surface area contributed by atoms with Gasteiger partial charge in [0.1, 0.15) is 0 Å². The summed E-state index contributed by atoms with van der Waals surface area (Å²) in [6.45, 7) is 0.548. The molecule has 0 radical (unpaired) electrons. The van der Waals surface area contributed by atoms with E-state index in [9.17, 15) is 13.2 Å². The average Bonchev–Trinajstić information content (AvgIpc) is 2.54. The third-order valence-corrected chi connectivity index (χ3v) is 3.55. The van der Waals surface area contributed by atoms with E-state index in [-0.39, 0.29) is 5.88 Å². The minimum Gasteiger partial charge on any atom is -0.468 e. The quantitative estimate of drug-likeness (QED) is 0.666. The van der Waals surface area contributed by atoms with E-state index in [1.54, 1.807) is 12.1 Å². The van der Waals surface area contributed by atoms with E-state index in [4.69, 9.17) is 4.74 Å². The normalized spacial score (nSPS) is 11.7. The molecule has 0 atom stereocenters. The number of aromatic nitrogens is 1. The van der Waals surface area contributed by atoms with Crippen LogP contribution >= 0.6 is 0 Å². The van der Waals surface area contributed by atoms with E-state index < -0.39 is 12.8 Å². The zero-order chi connectivity index (χ0) is 16.4. The van der Waals surface area contributed by atoms with Crippen LogP contribution in [0.2, 0.25) is 0 Å². The molecule has 0 unspecified atom stereocenters. The number of benzene rings is 2. The molecular weight excluding hydrogens is 303 g/mol. The first-order chi connectivity index (χ1) is 11.0. The van der Waals surface area contributed by atoms with Crippen molar-refractivity contribution in [3.8, 4) is 17.1 Å². The predicted molar refractivity (Wildman–Crippen MR) is 83.5 cm³/mol. The van der Waals surface area contributed by atoms with Gasteiger partial charge >= 0.3 is 6.18 Å². The Hall–Kier alpha value is -2.56. The van der Waals surface area contributed by atoms with E-state index in [0.717, 1.165) is 16.5 Å². The number of rotatable bonds is 3. The number of nitrogens with zero attached hydrogens (tertiary/aromatic N) is 1. The zero-order valence-electron chi connectivity index (χ0n) is 12.4. The van der Waals surface area contributed by atoms with Gasteiger partial charge < -0.3 is 4.74 Å². The predicted octanol–water partition coefficient (Wildman–Crippen LogP) is 5.15. The van der Waals surface area contributed by atoms with Crippen LogP contribution in [-0.2, 0) is 0 Å². The van der Waals surface area contributed by atoms with Gasteiger partial charge in [-0.3, -0.25) is 0 Å². The molecule has 0 N–H and O–H groups in total. The summed E-state index contributed by atoms with van der Waals surface area (Å²) in [5.74, 6) is 0.00220. The van der Waals surface area contributed by atoms with Gasteiger partial charge in [-0.25, -0.2) is 4.98 Å². The fourth-order valence-electron chi connectivity index (χ4n) is 2.51. The van der Waals surface area contributed by atoms with E-state index >= 15 is 0 Å². The number of hydrogen-bond acceptors (Lipinski definition) is 2. The van der Waals surface area contributed by atoms with Crippen LogP contribution < -0.4 is 4.74 Å². The van der Waals surface area contributed by atoms with Gasteiger partial charge in [0, 0.05) is 10.9 Å². The summed E-state index contributed by atoms with van der Waals surface area (Å²) in [7, 11) is 0. The third-order valence-electron chi connectivity index (χ3n) is 3.55. The summed E-state index contributed by atoms with van der Waals surface area (Å²) >= 11 is 0. The topological polar surface area (TPSA) is 22.1 Å². The lowest BCUT2D eigenvalue weighted by Crippen LogP contribution is -2.20. The second kappa shape index (κ2) is 5.91. The van der Waals surface area contributed by atoms with Crippen LogP contribution in [0.25, 0.3) is 22.0 Å². The van der Waals surface area contributed by atoms with Crippen LogP contribution in [0.5, 0.6) is 5.88 Å². The Labute approximate surface area is 131 Å². The smallest absolute Gasteiger partial charge is 0.422 e. The van der Waals surface area contributed by atoms with Crippen LogP contribution in [0.15, 0.2) is 54.6 Å². The first-order valence-electron chi connectivity index (χ1n) is 7.10. The lowest BCUT2D eigenvalue weighted by molar-refractivity contribution is -0.153. The Morgan fingerprint density at radius 3 is 2.17 bits per heavy atom. The molecule has 1 heterocycles. The molecule has 2 aromatic carbocycles. The fraction of sp³-hybridized carbons (Fsp3) is 0.167. The SMILES string of the molecule is Cc1c(-c2ccccc2)nc(OCC(F)(F)F)c2ccccc12. The lowest BCUT2D eigenvalue weighted by atomic mass is 10.0. The van der Waals surface area contributed by atoms with Crippen LogP contribution in [0.3, 0.4) is 0 Å². The standard InChI is InChI=1S/C18H14F3NO/c1-12-14-9-5-6-10-15(14)17(23-11-18(19,20)21)22-16(12)13-7-3-2-4-8-13/h2-10H,11H2,1H3. The molecule has 0 saturated heterocycles. The molecule has 0 saturated carbocycles. The monoisotopic (exact) mass is 317 g/mol. The Morgan fingerprint density at radius 1 is 0.913 bits per heavy atom. The van der Waals surface area contributed by atoms with Gasteiger partial charge in [-0.2, -0.15) is 13.2 Å². The minimum atomic E-state index is -4.40. The molecule has 2 nitrogen and oxygen atoms in total. The van der Waals surface area contributed by atoms with Gasteiger partial charge in [0.2, 0.25) is 5.88 Å². The summed E-state index contributed by atoms with van der Waals surface area (Å²) in [4.78, 5) is 4.35. The molecule has 1 aromatic heterocycles. The Kier molecular flexibility index (Phi) is 3.94. The highest BCUT2D eigenvalue weighted by Crippen LogP contribution is 2.33. The highest BCUT2D eigenvalue weighted by Gasteiger charge is 2.29. The molecule has 0 bridgehead atoms. The first kappa shape index (κ1) is 15.3. The van der Waals surface area contributed by atoms with Gasteiger partial charge in [-0.1, -0.05) is 48.5 Å². The molecule has 0 aliphatic heterocycles. The Balaban J connectivity index is 2.16. The highest BCUT2D eigenvalue weighted by atomic mass is 19.4. The fourth-order valence-corrected chi connectivity index (χ4v) is 2.51. The van der Waals surface area contributed by atoms with Crippen LogP contribution in [0, 0.1) is 6.92 Å². The molecule has 0 amide bonds. The van der Waals surface area contributed by atoms with Crippen LogP contribution in [-0.4, -0.2) is 17.8 Å². The van der Waals surface area contributed by atoms with Crippen molar-refractivity contribution in [1.82, 2.24) is 4.98 Å². The first-order valence-corrected chi connectivity index (χ1v) is 7.10. The van der Waals surface area contributed by atoms with Crippen molar-refractivity contribution >= 4 is 10.8 Å². The number of fused-ring (bicyclic) bond motifs is 1. The van der Waals surface area contributed by atoms with Crippen molar-refractivity contribution in [2.45, 2.75) is 13.1 Å². The van der Waals surface area contributed by atoms with Crippen molar-refractivity contribution in [1.29, 1.82) is 0 Å². The second-order valence-corrected chi connectivity index (χ2v) is 5.21. The van der Waals surface area contributed by atoms with Crippen LogP contribution in [0.4, 0.5) is 13.2 Å². The summed E-state index contributed by atoms with van der Waals surface area (Å²) in [5.41, 5.74) is 2.38. The molecule has 0 aliphatic carbocycles. The molecule has 0 spiro atoms. The second-order valence-electron chi connectivity index (χ2n) is 5.21. The number of pyridine rings is 1. The van der Waals surface area contributed by atoms with Gasteiger partial charge in [0.05, 0.1) is 5.69 Å². The van der Waals surface area contributed by atoms with Gasteiger partial charge in [0.25, 0.3) is 0 Å². The summed E-state index contributed by atoms with van der Waals surface area (Å²) in [5, 5.41) is 1.41. The molecular formula is C18H14F3NO. The molecule has 3 rings (SSSR count). The average molecular weight is 317 g/mol. The molecule has 0 aliphatic rings. The number of ether oxygens (including phenoxy) is 1. The molecule has 3 aromatic rings. The lowest BCUT2D eigenvalue weighted by Gasteiger charge is -2.15. The van der Waals surface area contributed by atoms with Crippen molar-refractivity contribution in [3.05, 3.63) is 60.2 Å². The molecule has 118 valence electrons. The Bertz CT molecular complexity index is 829. The highest BCUT2D eigenvalue weighted by molar-refractivity contribution is 5.93. The maximum absolute atomic E-state index is 12.5. The molecule has 0 fully saturated rings. The zero-order valence-corrected chi connectivity index (χ0v) is 12.4. The van der Waals surface area contributed by atoms with E-state index in [1.807, 2.05) is 49.4 Å².